The molecule has 1 aliphatic rings. The second kappa shape index (κ2) is 6.91. The third-order valence-electron chi connectivity index (χ3n) is 3.52. The van der Waals surface area contributed by atoms with Crippen LogP contribution in [0.25, 0.3) is 0 Å². The first-order chi connectivity index (χ1) is 10.4. The molecule has 6 nitrogen and oxygen atoms in total. The van der Waals surface area contributed by atoms with Crippen LogP contribution in [0, 0.1) is 6.92 Å². The minimum atomic E-state index is -0.580. The summed E-state index contributed by atoms with van der Waals surface area (Å²) < 4.78 is 0. The van der Waals surface area contributed by atoms with E-state index in [1.807, 2.05) is 32.2 Å². The van der Waals surface area contributed by atoms with Gasteiger partial charge in [-0.1, -0.05) is 0 Å². The molecule has 0 bridgehead atoms. The summed E-state index contributed by atoms with van der Waals surface area (Å²) >= 11 is 1.43. The van der Waals surface area contributed by atoms with Gasteiger partial charge in [0.2, 0.25) is 0 Å². The second-order valence-electron chi connectivity index (χ2n) is 5.65. The summed E-state index contributed by atoms with van der Waals surface area (Å²) in [6.07, 6.45) is 0. The van der Waals surface area contributed by atoms with Crippen molar-refractivity contribution in [3.05, 3.63) is 21.9 Å². The highest BCUT2D eigenvalue weighted by Crippen LogP contribution is 2.18. The van der Waals surface area contributed by atoms with Crippen molar-refractivity contribution >= 4 is 29.1 Å². The molecule has 3 amide bonds. The first-order valence-corrected chi connectivity index (χ1v) is 8.21. The first kappa shape index (κ1) is 16.5. The van der Waals surface area contributed by atoms with E-state index in [2.05, 4.69) is 5.32 Å². The highest BCUT2D eigenvalue weighted by molar-refractivity contribution is 7.12. The first-order valence-electron chi connectivity index (χ1n) is 7.33. The molecule has 1 aromatic rings. The zero-order valence-corrected chi connectivity index (χ0v) is 13.9. The SMILES string of the molecule is Cc1ccsc1C(=O)N1CCN(C(=O)C(=O)NC(C)C)CC1. The summed E-state index contributed by atoms with van der Waals surface area (Å²) in [5, 5.41) is 4.50. The number of carbonyl (C=O) groups is 3. The number of hydrogen-bond donors (Lipinski definition) is 1. The largest absolute Gasteiger partial charge is 0.346 e. The van der Waals surface area contributed by atoms with Gasteiger partial charge in [-0.3, -0.25) is 14.4 Å². The van der Waals surface area contributed by atoms with Crippen LogP contribution in [-0.2, 0) is 9.59 Å². The Kier molecular flexibility index (Phi) is 5.18. The Bertz CT molecular complexity index is 574. The zero-order valence-electron chi connectivity index (χ0n) is 13.1. The van der Waals surface area contributed by atoms with Gasteiger partial charge >= 0.3 is 11.8 Å². The van der Waals surface area contributed by atoms with Gasteiger partial charge in [-0.25, -0.2) is 0 Å². The number of aryl methyl sites for hydroxylation is 1. The minimum absolute atomic E-state index is 0.00577. The van der Waals surface area contributed by atoms with Gasteiger partial charge in [0.25, 0.3) is 5.91 Å². The molecule has 120 valence electrons. The van der Waals surface area contributed by atoms with Crippen molar-refractivity contribution in [3.63, 3.8) is 0 Å². The lowest BCUT2D eigenvalue weighted by Crippen LogP contribution is -2.54. The zero-order chi connectivity index (χ0) is 16.3. The Hall–Kier alpha value is -1.89. The number of carbonyl (C=O) groups excluding carboxylic acids is 3. The molecular formula is C15H21N3O3S. The van der Waals surface area contributed by atoms with Crippen LogP contribution in [0.3, 0.4) is 0 Å². The van der Waals surface area contributed by atoms with E-state index in [4.69, 9.17) is 0 Å². The van der Waals surface area contributed by atoms with Crippen LogP contribution in [-0.4, -0.2) is 59.7 Å². The predicted octanol–water partition coefficient (Wildman–Crippen LogP) is 0.866. The maximum absolute atomic E-state index is 12.4. The van der Waals surface area contributed by atoms with Crippen LogP contribution in [0.15, 0.2) is 11.4 Å². The molecule has 0 unspecified atom stereocenters. The maximum Gasteiger partial charge on any atom is 0.312 e. The molecule has 0 saturated carbocycles. The molecule has 1 saturated heterocycles. The lowest BCUT2D eigenvalue weighted by atomic mass is 10.2. The molecule has 1 fully saturated rings. The van der Waals surface area contributed by atoms with Crippen molar-refractivity contribution in [3.8, 4) is 0 Å². The Morgan fingerprint density at radius 1 is 1.14 bits per heavy atom. The van der Waals surface area contributed by atoms with Gasteiger partial charge in [-0.05, 0) is 37.8 Å². The molecule has 1 N–H and O–H groups in total. The fourth-order valence-corrected chi connectivity index (χ4v) is 3.21. The summed E-state index contributed by atoms with van der Waals surface area (Å²) in [5.41, 5.74) is 0.977. The molecule has 0 aliphatic carbocycles. The molecule has 2 heterocycles. The molecular weight excluding hydrogens is 302 g/mol. The Labute approximate surface area is 134 Å². The number of thiophene rings is 1. The smallest absolute Gasteiger partial charge is 0.312 e. The summed E-state index contributed by atoms with van der Waals surface area (Å²) in [6, 6.07) is 1.86. The molecule has 1 aromatic heterocycles. The van der Waals surface area contributed by atoms with E-state index in [9.17, 15) is 14.4 Å². The van der Waals surface area contributed by atoms with E-state index in [1.54, 1.807) is 4.90 Å². The van der Waals surface area contributed by atoms with Crippen molar-refractivity contribution in [2.45, 2.75) is 26.8 Å². The van der Waals surface area contributed by atoms with Gasteiger partial charge in [0.1, 0.15) is 0 Å². The van der Waals surface area contributed by atoms with E-state index in [1.165, 1.54) is 16.2 Å². The van der Waals surface area contributed by atoms with Crippen molar-refractivity contribution < 1.29 is 14.4 Å². The topological polar surface area (TPSA) is 69.7 Å². The summed E-state index contributed by atoms with van der Waals surface area (Å²) in [6.45, 7) is 7.23. The lowest BCUT2D eigenvalue weighted by molar-refractivity contribution is -0.147. The van der Waals surface area contributed by atoms with Crippen LogP contribution < -0.4 is 5.32 Å². The molecule has 1 aliphatic heterocycles. The Morgan fingerprint density at radius 2 is 1.73 bits per heavy atom. The number of amides is 3. The summed E-state index contributed by atoms with van der Waals surface area (Å²) in [7, 11) is 0. The quantitative estimate of drug-likeness (QED) is 0.821. The average molecular weight is 323 g/mol. The fraction of sp³-hybridized carbons (Fsp3) is 0.533. The standard InChI is InChI=1S/C15H21N3O3S/c1-10(2)16-13(19)15(21)18-7-5-17(6-8-18)14(20)12-11(3)4-9-22-12/h4,9-10H,5-8H2,1-3H3,(H,16,19). The molecule has 2 rings (SSSR count). The average Bonchev–Trinajstić information content (AvgIpc) is 2.91. The predicted molar refractivity (Wildman–Crippen MR) is 84.8 cm³/mol. The van der Waals surface area contributed by atoms with Gasteiger partial charge in [-0.2, -0.15) is 0 Å². The van der Waals surface area contributed by atoms with Gasteiger partial charge in [0, 0.05) is 32.2 Å². The molecule has 0 radical (unpaired) electrons. The summed E-state index contributed by atoms with van der Waals surface area (Å²) in [4.78, 5) is 40.1. The minimum Gasteiger partial charge on any atom is -0.346 e. The van der Waals surface area contributed by atoms with E-state index in [-0.39, 0.29) is 11.9 Å². The number of piperazine rings is 1. The fourth-order valence-electron chi connectivity index (χ4n) is 2.32. The number of nitrogens with zero attached hydrogens (tertiary/aromatic N) is 2. The van der Waals surface area contributed by atoms with Gasteiger partial charge in [-0.15, -0.1) is 11.3 Å². The van der Waals surface area contributed by atoms with Crippen molar-refractivity contribution in [2.75, 3.05) is 26.2 Å². The van der Waals surface area contributed by atoms with Crippen LogP contribution >= 0.6 is 11.3 Å². The van der Waals surface area contributed by atoms with Crippen LogP contribution in [0.1, 0.15) is 29.1 Å². The number of hydrogen-bond acceptors (Lipinski definition) is 4. The van der Waals surface area contributed by atoms with Crippen LogP contribution in [0.2, 0.25) is 0 Å². The van der Waals surface area contributed by atoms with Gasteiger partial charge < -0.3 is 15.1 Å². The second-order valence-corrected chi connectivity index (χ2v) is 6.56. The Morgan fingerprint density at radius 3 is 2.23 bits per heavy atom. The third kappa shape index (κ3) is 3.65. The summed E-state index contributed by atoms with van der Waals surface area (Å²) in [5.74, 6) is -1.09. The van der Waals surface area contributed by atoms with Crippen molar-refractivity contribution in [1.82, 2.24) is 15.1 Å². The lowest BCUT2D eigenvalue weighted by Gasteiger charge is -2.34. The third-order valence-corrected chi connectivity index (χ3v) is 4.53. The molecule has 0 atom stereocenters. The maximum atomic E-state index is 12.4. The number of nitrogens with one attached hydrogen (secondary N) is 1. The highest BCUT2D eigenvalue weighted by atomic mass is 32.1. The van der Waals surface area contributed by atoms with Crippen LogP contribution in [0.5, 0.6) is 0 Å². The van der Waals surface area contributed by atoms with E-state index >= 15 is 0 Å². The molecule has 22 heavy (non-hydrogen) atoms. The molecule has 7 heteroatoms. The van der Waals surface area contributed by atoms with E-state index in [0.717, 1.165) is 10.4 Å². The van der Waals surface area contributed by atoms with Crippen molar-refractivity contribution in [2.24, 2.45) is 0 Å². The van der Waals surface area contributed by atoms with Gasteiger partial charge in [0.15, 0.2) is 0 Å². The van der Waals surface area contributed by atoms with E-state index < -0.39 is 11.8 Å². The molecule has 0 spiro atoms. The Balaban J connectivity index is 1.90. The number of rotatable bonds is 2. The van der Waals surface area contributed by atoms with Gasteiger partial charge in [0.05, 0.1) is 4.88 Å². The monoisotopic (exact) mass is 323 g/mol. The van der Waals surface area contributed by atoms with Crippen LogP contribution in [0.4, 0.5) is 0 Å². The highest BCUT2D eigenvalue weighted by Gasteiger charge is 2.29. The van der Waals surface area contributed by atoms with E-state index in [0.29, 0.717) is 26.2 Å². The van der Waals surface area contributed by atoms with Crippen molar-refractivity contribution in [1.29, 1.82) is 0 Å². The molecule has 0 aromatic carbocycles. The normalized spacial score (nSPS) is 15.1.